The van der Waals surface area contributed by atoms with Crippen LogP contribution in [-0.2, 0) is 11.2 Å². The predicted octanol–water partition coefficient (Wildman–Crippen LogP) is 3.23. The maximum Gasteiger partial charge on any atom is 0.220 e. The van der Waals surface area contributed by atoms with Crippen molar-refractivity contribution in [2.24, 2.45) is 11.8 Å². The fraction of sp³-hybridized carbons (Fsp3) is 0.588. The molecule has 1 aromatic rings. The van der Waals surface area contributed by atoms with Crippen LogP contribution in [0.2, 0.25) is 0 Å². The number of hydrogen-bond acceptors (Lipinski definition) is 1. The van der Waals surface area contributed by atoms with Gasteiger partial charge in [0.05, 0.1) is 0 Å². The Kier molecular flexibility index (Phi) is 3.58. The monoisotopic (exact) mass is 257 g/mol. The maximum atomic E-state index is 12.0. The molecule has 0 aliphatic heterocycles. The molecule has 2 aliphatic rings. The molecule has 0 heterocycles. The highest BCUT2D eigenvalue weighted by Crippen LogP contribution is 2.44. The van der Waals surface area contributed by atoms with Crippen LogP contribution in [0.4, 0.5) is 0 Å². The van der Waals surface area contributed by atoms with Crippen molar-refractivity contribution in [3.05, 3.63) is 35.4 Å². The average Bonchev–Trinajstić information content (AvgIpc) is 3.00. The van der Waals surface area contributed by atoms with Gasteiger partial charge < -0.3 is 5.32 Å². The number of benzene rings is 1. The Bertz CT molecular complexity index is 451. The van der Waals surface area contributed by atoms with Gasteiger partial charge in [0.15, 0.2) is 0 Å². The zero-order valence-electron chi connectivity index (χ0n) is 11.7. The first-order valence-electron chi connectivity index (χ1n) is 7.55. The number of hydrogen-bond donors (Lipinski definition) is 1. The van der Waals surface area contributed by atoms with Crippen molar-refractivity contribution in [2.45, 2.75) is 51.5 Å². The molecule has 2 aliphatic carbocycles. The third-order valence-electron chi connectivity index (χ3n) is 4.85. The number of fused-ring (bicyclic) bond motifs is 2. The summed E-state index contributed by atoms with van der Waals surface area (Å²) in [5, 5.41) is 3.25. The van der Waals surface area contributed by atoms with Crippen LogP contribution < -0.4 is 5.32 Å². The first-order valence-corrected chi connectivity index (χ1v) is 7.55. The summed E-state index contributed by atoms with van der Waals surface area (Å²) in [4.78, 5) is 12.0. The van der Waals surface area contributed by atoms with E-state index in [2.05, 4.69) is 36.5 Å². The molecule has 19 heavy (non-hydrogen) atoms. The van der Waals surface area contributed by atoms with E-state index >= 15 is 0 Å². The van der Waals surface area contributed by atoms with Crippen LogP contribution in [0.3, 0.4) is 0 Å². The second kappa shape index (κ2) is 5.36. The number of carbonyl (C=O) groups is 1. The van der Waals surface area contributed by atoms with Crippen molar-refractivity contribution < 1.29 is 4.79 Å². The lowest BCUT2D eigenvalue weighted by molar-refractivity contribution is -0.122. The summed E-state index contributed by atoms with van der Waals surface area (Å²) in [6, 6.07) is 8.95. The normalized spacial score (nSPS) is 28.6. The van der Waals surface area contributed by atoms with Gasteiger partial charge >= 0.3 is 0 Å². The minimum absolute atomic E-state index is 0.234. The standard InChI is InChI=1S/C17H23NO/c1-12-2-4-13(5-3-12)7-9-17(19)18-16-11-14-6-8-15(16)10-14/h2-5,14-16H,6-11H2,1H3,(H,18,19)/t14-,15-,16+/m0/s1. The van der Waals surface area contributed by atoms with Crippen molar-refractivity contribution in [1.29, 1.82) is 0 Å². The van der Waals surface area contributed by atoms with Gasteiger partial charge in [-0.25, -0.2) is 0 Å². The van der Waals surface area contributed by atoms with E-state index in [1.807, 2.05) is 0 Å². The smallest absolute Gasteiger partial charge is 0.220 e. The Hall–Kier alpha value is -1.31. The fourth-order valence-corrected chi connectivity index (χ4v) is 3.71. The number of aryl methyl sites for hydroxylation is 2. The molecule has 102 valence electrons. The molecule has 1 aromatic carbocycles. The van der Waals surface area contributed by atoms with E-state index in [0.29, 0.717) is 12.5 Å². The fourth-order valence-electron chi connectivity index (χ4n) is 3.71. The molecule has 2 nitrogen and oxygen atoms in total. The second-order valence-corrected chi connectivity index (χ2v) is 6.33. The lowest BCUT2D eigenvalue weighted by Crippen LogP contribution is -2.38. The van der Waals surface area contributed by atoms with Gasteiger partial charge in [0, 0.05) is 12.5 Å². The van der Waals surface area contributed by atoms with Crippen LogP contribution in [-0.4, -0.2) is 11.9 Å². The van der Waals surface area contributed by atoms with Crippen molar-refractivity contribution >= 4 is 5.91 Å². The van der Waals surface area contributed by atoms with E-state index in [-0.39, 0.29) is 5.91 Å². The molecule has 0 radical (unpaired) electrons. The first kappa shape index (κ1) is 12.7. The Morgan fingerprint density at radius 3 is 2.63 bits per heavy atom. The highest BCUT2D eigenvalue weighted by Gasteiger charge is 2.39. The van der Waals surface area contributed by atoms with Crippen LogP contribution in [0.15, 0.2) is 24.3 Å². The molecular formula is C17H23NO. The molecule has 2 fully saturated rings. The summed E-state index contributed by atoms with van der Waals surface area (Å²) in [6.45, 7) is 2.09. The van der Waals surface area contributed by atoms with Gasteiger partial charge in [0.2, 0.25) is 5.91 Å². The van der Waals surface area contributed by atoms with Gasteiger partial charge in [-0.05, 0) is 50.0 Å². The Morgan fingerprint density at radius 2 is 2.00 bits per heavy atom. The van der Waals surface area contributed by atoms with Crippen LogP contribution in [0, 0.1) is 18.8 Å². The molecule has 0 aromatic heterocycles. The van der Waals surface area contributed by atoms with Gasteiger partial charge in [-0.1, -0.05) is 36.2 Å². The van der Waals surface area contributed by atoms with Gasteiger partial charge in [-0.3, -0.25) is 4.79 Å². The van der Waals surface area contributed by atoms with Crippen molar-refractivity contribution in [2.75, 3.05) is 0 Å². The van der Waals surface area contributed by atoms with Gasteiger partial charge in [0.25, 0.3) is 0 Å². The highest BCUT2D eigenvalue weighted by molar-refractivity contribution is 5.76. The van der Waals surface area contributed by atoms with Gasteiger partial charge in [-0.15, -0.1) is 0 Å². The van der Waals surface area contributed by atoms with E-state index < -0.39 is 0 Å². The molecule has 2 bridgehead atoms. The van der Waals surface area contributed by atoms with Crippen molar-refractivity contribution in [1.82, 2.24) is 5.32 Å². The minimum Gasteiger partial charge on any atom is -0.353 e. The summed E-state index contributed by atoms with van der Waals surface area (Å²) in [6.07, 6.45) is 6.77. The Balaban J connectivity index is 1.45. The molecule has 2 heteroatoms. The lowest BCUT2D eigenvalue weighted by atomic mass is 9.95. The van der Waals surface area contributed by atoms with E-state index in [0.717, 1.165) is 18.3 Å². The molecule has 0 spiro atoms. The van der Waals surface area contributed by atoms with E-state index in [4.69, 9.17) is 0 Å². The zero-order valence-corrected chi connectivity index (χ0v) is 11.7. The zero-order chi connectivity index (χ0) is 13.2. The summed E-state index contributed by atoms with van der Waals surface area (Å²) in [5.74, 6) is 1.90. The Labute approximate surface area is 115 Å². The largest absolute Gasteiger partial charge is 0.353 e. The summed E-state index contributed by atoms with van der Waals surface area (Å²) in [7, 11) is 0. The van der Waals surface area contributed by atoms with Crippen LogP contribution >= 0.6 is 0 Å². The van der Waals surface area contributed by atoms with Gasteiger partial charge in [0.1, 0.15) is 0 Å². The molecule has 2 saturated carbocycles. The van der Waals surface area contributed by atoms with Crippen LogP contribution in [0.25, 0.3) is 0 Å². The number of amides is 1. The SMILES string of the molecule is Cc1ccc(CCC(=O)N[C@@H]2C[C@H]3CC[C@H]2C3)cc1. The Morgan fingerprint density at radius 1 is 1.21 bits per heavy atom. The topological polar surface area (TPSA) is 29.1 Å². The van der Waals surface area contributed by atoms with E-state index in [1.54, 1.807) is 0 Å². The number of nitrogens with one attached hydrogen (secondary N) is 1. The number of rotatable bonds is 4. The third-order valence-corrected chi connectivity index (χ3v) is 4.85. The highest BCUT2D eigenvalue weighted by atomic mass is 16.1. The molecule has 1 amide bonds. The van der Waals surface area contributed by atoms with Crippen molar-refractivity contribution in [3.8, 4) is 0 Å². The van der Waals surface area contributed by atoms with Gasteiger partial charge in [-0.2, -0.15) is 0 Å². The molecular weight excluding hydrogens is 234 g/mol. The van der Waals surface area contributed by atoms with Crippen LogP contribution in [0.5, 0.6) is 0 Å². The second-order valence-electron chi connectivity index (χ2n) is 6.33. The van der Waals surface area contributed by atoms with E-state index in [9.17, 15) is 4.79 Å². The molecule has 3 rings (SSSR count). The maximum absolute atomic E-state index is 12.0. The predicted molar refractivity (Wildman–Crippen MR) is 76.9 cm³/mol. The molecule has 0 saturated heterocycles. The lowest BCUT2D eigenvalue weighted by Gasteiger charge is -2.22. The molecule has 1 N–H and O–H groups in total. The third kappa shape index (κ3) is 2.99. The minimum atomic E-state index is 0.234. The average molecular weight is 257 g/mol. The van der Waals surface area contributed by atoms with E-state index in [1.165, 1.54) is 36.8 Å². The summed E-state index contributed by atoms with van der Waals surface area (Å²) >= 11 is 0. The number of carbonyl (C=O) groups excluding carboxylic acids is 1. The summed E-state index contributed by atoms with van der Waals surface area (Å²) < 4.78 is 0. The van der Waals surface area contributed by atoms with Crippen LogP contribution in [0.1, 0.15) is 43.2 Å². The summed E-state index contributed by atoms with van der Waals surface area (Å²) in [5.41, 5.74) is 2.53. The molecule has 3 atom stereocenters. The molecule has 0 unspecified atom stereocenters. The van der Waals surface area contributed by atoms with Crippen molar-refractivity contribution in [3.63, 3.8) is 0 Å². The quantitative estimate of drug-likeness (QED) is 0.881. The first-order chi connectivity index (χ1) is 9.20.